The van der Waals surface area contributed by atoms with Gasteiger partial charge in [-0.2, -0.15) is 0 Å². The van der Waals surface area contributed by atoms with Gasteiger partial charge in [-0.05, 0) is 42.4 Å². The lowest BCUT2D eigenvalue weighted by atomic mass is 9.87. The van der Waals surface area contributed by atoms with Crippen LogP contribution in [0.2, 0.25) is 0 Å². The fourth-order valence-electron chi connectivity index (χ4n) is 2.12. The van der Waals surface area contributed by atoms with E-state index in [9.17, 15) is 4.79 Å². The summed E-state index contributed by atoms with van der Waals surface area (Å²) in [6, 6.07) is 7.79. The Labute approximate surface area is 115 Å². The summed E-state index contributed by atoms with van der Waals surface area (Å²) in [6.45, 7) is 6.49. The number of hydrogen-bond donors (Lipinski definition) is 2. The lowest BCUT2D eigenvalue weighted by Gasteiger charge is -2.19. The molecule has 0 fully saturated rings. The van der Waals surface area contributed by atoms with E-state index < -0.39 is 0 Å². The molecule has 1 aliphatic rings. The van der Waals surface area contributed by atoms with E-state index in [2.05, 4.69) is 37.7 Å². The van der Waals surface area contributed by atoms with Crippen LogP contribution >= 0.6 is 0 Å². The smallest absolute Gasteiger partial charge is 0.269 e. The summed E-state index contributed by atoms with van der Waals surface area (Å²) in [4.78, 5) is 12.0. The molecule has 0 unspecified atom stereocenters. The van der Waals surface area contributed by atoms with Gasteiger partial charge < -0.3 is 5.43 Å². The molecule has 0 aliphatic heterocycles. The summed E-state index contributed by atoms with van der Waals surface area (Å²) >= 11 is 0. The highest BCUT2D eigenvalue weighted by Crippen LogP contribution is 2.22. The van der Waals surface area contributed by atoms with Crippen LogP contribution in [0.3, 0.4) is 0 Å². The van der Waals surface area contributed by atoms with Crippen LogP contribution in [0.1, 0.15) is 56.0 Å². The number of benzene rings is 1. The van der Waals surface area contributed by atoms with Gasteiger partial charge in [0.25, 0.3) is 5.91 Å². The average molecular weight is 258 g/mol. The molecule has 0 saturated heterocycles. The van der Waals surface area contributed by atoms with Gasteiger partial charge in [-0.1, -0.05) is 39.0 Å². The largest absolute Gasteiger partial charge is 0.303 e. The van der Waals surface area contributed by atoms with Crippen molar-refractivity contribution in [2.45, 2.75) is 45.4 Å². The molecule has 0 heterocycles. The molecule has 1 aromatic rings. The molecule has 19 heavy (non-hydrogen) atoms. The van der Waals surface area contributed by atoms with Crippen LogP contribution < -0.4 is 10.9 Å². The van der Waals surface area contributed by atoms with E-state index in [1.165, 1.54) is 12.0 Å². The van der Waals surface area contributed by atoms with Gasteiger partial charge in [0.1, 0.15) is 0 Å². The van der Waals surface area contributed by atoms with Gasteiger partial charge in [-0.15, -0.1) is 0 Å². The normalized spacial score (nSPS) is 15.0. The minimum Gasteiger partial charge on any atom is -0.303 e. The van der Waals surface area contributed by atoms with Gasteiger partial charge in [0.05, 0.1) is 0 Å². The minimum atomic E-state index is -0.0896. The number of allylic oxidation sites excluding steroid dienone is 2. The van der Waals surface area contributed by atoms with Crippen LogP contribution in [0, 0.1) is 0 Å². The Hall–Kier alpha value is -1.77. The second-order valence-electron chi connectivity index (χ2n) is 6.03. The highest BCUT2D eigenvalue weighted by atomic mass is 16.2. The van der Waals surface area contributed by atoms with E-state index in [0.717, 1.165) is 18.5 Å². The van der Waals surface area contributed by atoms with Gasteiger partial charge >= 0.3 is 0 Å². The van der Waals surface area contributed by atoms with E-state index in [1.807, 2.05) is 24.3 Å². The van der Waals surface area contributed by atoms with Gasteiger partial charge in [-0.3, -0.25) is 10.2 Å². The zero-order chi connectivity index (χ0) is 13.9. The molecule has 0 radical (unpaired) electrons. The molecule has 0 aromatic heterocycles. The van der Waals surface area contributed by atoms with E-state index in [-0.39, 0.29) is 11.3 Å². The predicted octanol–water partition coefficient (Wildman–Crippen LogP) is 3.29. The Morgan fingerprint density at radius 2 is 1.84 bits per heavy atom. The van der Waals surface area contributed by atoms with Gasteiger partial charge in [0.2, 0.25) is 0 Å². The van der Waals surface area contributed by atoms with E-state index in [1.54, 1.807) is 0 Å². The number of hydrazine groups is 1. The van der Waals surface area contributed by atoms with Crippen LogP contribution in [-0.4, -0.2) is 5.91 Å². The third-order valence-corrected chi connectivity index (χ3v) is 3.39. The standard InChI is InChI=1S/C16H22N2O/c1-16(2,3)13-10-8-12(9-11-13)15(19)18-17-14-6-4-5-7-14/h6,8-11,17H,4-5,7H2,1-3H3,(H,18,19). The molecule has 1 aliphatic carbocycles. The Bertz CT molecular complexity index is 480. The third kappa shape index (κ3) is 3.60. The van der Waals surface area contributed by atoms with Crippen molar-refractivity contribution in [3.8, 4) is 0 Å². The van der Waals surface area contributed by atoms with Crippen molar-refractivity contribution >= 4 is 5.91 Å². The highest BCUT2D eigenvalue weighted by Gasteiger charge is 2.14. The topological polar surface area (TPSA) is 41.1 Å². The summed E-state index contributed by atoms with van der Waals surface area (Å²) < 4.78 is 0. The molecule has 0 bridgehead atoms. The van der Waals surface area contributed by atoms with Crippen molar-refractivity contribution in [3.63, 3.8) is 0 Å². The zero-order valence-corrected chi connectivity index (χ0v) is 11.9. The molecule has 3 heteroatoms. The van der Waals surface area contributed by atoms with Crippen LogP contribution in [0.15, 0.2) is 36.0 Å². The fourth-order valence-corrected chi connectivity index (χ4v) is 2.12. The number of amides is 1. The number of nitrogens with one attached hydrogen (secondary N) is 2. The summed E-state index contributed by atoms with van der Waals surface area (Å²) in [6.07, 6.45) is 5.41. The Balaban J connectivity index is 1.95. The zero-order valence-electron chi connectivity index (χ0n) is 11.9. The number of hydrogen-bond acceptors (Lipinski definition) is 2. The van der Waals surface area contributed by atoms with Crippen LogP contribution in [0.5, 0.6) is 0 Å². The average Bonchev–Trinajstić information content (AvgIpc) is 2.88. The van der Waals surface area contributed by atoms with E-state index >= 15 is 0 Å². The number of carbonyl (C=O) groups is 1. The van der Waals surface area contributed by atoms with Crippen molar-refractivity contribution in [2.24, 2.45) is 0 Å². The van der Waals surface area contributed by atoms with Crippen LogP contribution in [-0.2, 0) is 5.41 Å². The lowest BCUT2D eigenvalue weighted by Crippen LogP contribution is -2.36. The van der Waals surface area contributed by atoms with Crippen molar-refractivity contribution < 1.29 is 4.79 Å². The van der Waals surface area contributed by atoms with E-state index in [0.29, 0.717) is 5.56 Å². The molecule has 1 aromatic carbocycles. The SMILES string of the molecule is CC(C)(C)c1ccc(C(=O)NNC2=CCCC2)cc1. The highest BCUT2D eigenvalue weighted by molar-refractivity contribution is 5.93. The number of rotatable bonds is 3. The molecular formula is C16H22N2O. The van der Waals surface area contributed by atoms with E-state index in [4.69, 9.17) is 0 Å². The first-order chi connectivity index (χ1) is 8.97. The molecule has 0 atom stereocenters. The van der Waals surface area contributed by atoms with Crippen molar-refractivity contribution in [1.82, 2.24) is 10.9 Å². The maximum atomic E-state index is 12.0. The second kappa shape index (κ2) is 5.47. The fraction of sp³-hybridized carbons (Fsp3) is 0.438. The molecular weight excluding hydrogens is 236 g/mol. The molecule has 102 valence electrons. The van der Waals surface area contributed by atoms with Gasteiger partial charge in [0, 0.05) is 11.3 Å². The molecule has 2 N–H and O–H groups in total. The lowest BCUT2D eigenvalue weighted by molar-refractivity contribution is 0.0938. The first kappa shape index (κ1) is 13.7. The Kier molecular flexibility index (Phi) is 3.93. The first-order valence-corrected chi connectivity index (χ1v) is 6.83. The Morgan fingerprint density at radius 1 is 1.16 bits per heavy atom. The summed E-state index contributed by atoms with van der Waals surface area (Å²) in [7, 11) is 0. The molecule has 0 saturated carbocycles. The molecule has 2 rings (SSSR count). The summed E-state index contributed by atoms with van der Waals surface area (Å²) in [5.74, 6) is -0.0896. The quantitative estimate of drug-likeness (QED) is 0.817. The molecule has 3 nitrogen and oxygen atoms in total. The number of carbonyl (C=O) groups excluding carboxylic acids is 1. The monoisotopic (exact) mass is 258 g/mol. The first-order valence-electron chi connectivity index (χ1n) is 6.83. The van der Waals surface area contributed by atoms with Crippen molar-refractivity contribution in [3.05, 3.63) is 47.2 Å². The summed E-state index contributed by atoms with van der Waals surface area (Å²) in [5, 5.41) is 0. The van der Waals surface area contributed by atoms with Crippen molar-refractivity contribution in [2.75, 3.05) is 0 Å². The van der Waals surface area contributed by atoms with Crippen LogP contribution in [0.25, 0.3) is 0 Å². The molecule has 0 spiro atoms. The minimum absolute atomic E-state index is 0.0896. The maximum absolute atomic E-state index is 12.0. The summed E-state index contributed by atoms with van der Waals surface area (Å²) in [5.41, 5.74) is 8.86. The van der Waals surface area contributed by atoms with Crippen molar-refractivity contribution in [1.29, 1.82) is 0 Å². The van der Waals surface area contributed by atoms with Crippen LogP contribution in [0.4, 0.5) is 0 Å². The second-order valence-corrected chi connectivity index (χ2v) is 6.03. The van der Waals surface area contributed by atoms with Gasteiger partial charge in [-0.25, -0.2) is 0 Å². The Morgan fingerprint density at radius 3 is 2.37 bits per heavy atom. The predicted molar refractivity (Wildman–Crippen MR) is 77.7 cm³/mol. The van der Waals surface area contributed by atoms with Gasteiger partial charge in [0.15, 0.2) is 0 Å². The maximum Gasteiger partial charge on any atom is 0.269 e. The molecule has 1 amide bonds. The third-order valence-electron chi connectivity index (χ3n) is 3.39.